The first-order chi connectivity index (χ1) is 13.3. The third-order valence-corrected chi connectivity index (χ3v) is 5.15. The molecule has 6 heteroatoms. The molecule has 1 aromatic rings. The van der Waals surface area contributed by atoms with Crippen molar-refractivity contribution in [2.45, 2.75) is 64.7 Å². The summed E-state index contributed by atoms with van der Waals surface area (Å²) in [5, 5.41) is 0. The summed E-state index contributed by atoms with van der Waals surface area (Å²) in [6.45, 7) is 7.93. The Morgan fingerprint density at radius 3 is 2.29 bits per heavy atom. The van der Waals surface area contributed by atoms with E-state index in [1.54, 1.807) is 4.90 Å². The average Bonchev–Trinajstić information content (AvgIpc) is 3.48. The lowest BCUT2D eigenvalue weighted by atomic mass is 10.0. The molecule has 2 fully saturated rings. The highest BCUT2D eigenvalue weighted by Gasteiger charge is 2.36. The molecular weight excluding hydrogens is 356 g/mol. The standard InChI is InChI=1S/C22H32N2O4/c1-22(2,3)28-21(26)24(15-17-9-10-17)19-11-13-23(14-12-19)20(25)27-16-18-7-5-4-6-8-18/h4-8,17,19H,9-16H2,1-3H3. The zero-order valence-corrected chi connectivity index (χ0v) is 17.2. The fourth-order valence-electron chi connectivity index (χ4n) is 3.44. The SMILES string of the molecule is CC(C)(C)OC(=O)N(CC1CC1)C1CCN(C(=O)OCc2ccccc2)CC1. The summed E-state index contributed by atoms with van der Waals surface area (Å²) in [4.78, 5) is 28.7. The van der Waals surface area contributed by atoms with Gasteiger partial charge in [0.05, 0.1) is 0 Å². The molecule has 1 heterocycles. The monoisotopic (exact) mass is 388 g/mol. The zero-order chi connectivity index (χ0) is 20.1. The van der Waals surface area contributed by atoms with E-state index in [1.807, 2.05) is 56.0 Å². The van der Waals surface area contributed by atoms with Gasteiger partial charge in [-0.2, -0.15) is 0 Å². The molecule has 0 radical (unpaired) electrons. The molecule has 1 aromatic carbocycles. The Kier molecular flexibility index (Phi) is 6.47. The fourth-order valence-corrected chi connectivity index (χ4v) is 3.44. The minimum atomic E-state index is -0.499. The molecule has 0 bridgehead atoms. The van der Waals surface area contributed by atoms with Crippen LogP contribution in [0.5, 0.6) is 0 Å². The summed E-state index contributed by atoms with van der Waals surface area (Å²) in [5.41, 5.74) is 0.479. The second kappa shape index (κ2) is 8.84. The van der Waals surface area contributed by atoms with E-state index < -0.39 is 5.60 Å². The lowest BCUT2D eigenvalue weighted by molar-refractivity contribution is 0.00652. The number of hydrogen-bond acceptors (Lipinski definition) is 4. The van der Waals surface area contributed by atoms with Crippen LogP contribution in [0.2, 0.25) is 0 Å². The Hall–Kier alpha value is -2.24. The third kappa shape index (κ3) is 6.14. The molecule has 2 amide bonds. The maximum Gasteiger partial charge on any atom is 0.410 e. The van der Waals surface area contributed by atoms with Gasteiger partial charge >= 0.3 is 12.2 Å². The first kappa shape index (κ1) is 20.5. The van der Waals surface area contributed by atoms with E-state index in [9.17, 15) is 9.59 Å². The van der Waals surface area contributed by atoms with Crippen LogP contribution in [-0.2, 0) is 16.1 Å². The number of carbonyl (C=O) groups excluding carboxylic acids is 2. The zero-order valence-electron chi connectivity index (χ0n) is 17.2. The predicted octanol–water partition coefficient (Wildman–Crippen LogP) is 4.43. The molecule has 0 N–H and O–H groups in total. The maximum absolute atomic E-state index is 12.7. The number of benzene rings is 1. The van der Waals surface area contributed by atoms with Crippen molar-refractivity contribution in [1.29, 1.82) is 0 Å². The Labute approximate surface area is 167 Å². The molecule has 3 rings (SSSR count). The minimum absolute atomic E-state index is 0.119. The van der Waals surface area contributed by atoms with Gasteiger partial charge in [0, 0.05) is 25.7 Å². The second-order valence-electron chi connectivity index (χ2n) is 8.83. The van der Waals surface area contributed by atoms with Crippen LogP contribution in [0.4, 0.5) is 9.59 Å². The van der Waals surface area contributed by atoms with Crippen molar-refractivity contribution in [3.05, 3.63) is 35.9 Å². The first-order valence-electron chi connectivity index (χ1n) is 10.3. The van der Waals surface area contributed by atoms with Gasteiger partial charge in [-0.3, -0.25) is 0 Å². The second-order valence-corrected chi connectivity index (χ2v) is 8.83. The summed E-state index contributed by atoms with van der Waals surface area (Å²) < 4.78 is 11.1. The molecule has 0 aromatic heterocycles. The van der Waals surface area contributed by atoms with Crippen LogP contribution < -0.4 is 0 Å². The molecule has 1 saturated carbocycles. The molecule has 0 spiro atoms. The van der Waals surface area contributed by atoms with E-state index in [-0.39, 0.29) is 24.8 Å². The van der Waals surface area contributed by atoms with Crippen LogP contribution in [0.25, 0.3) is 0 Å². The van der Waals surface area contributed by atoms with Crippen LogP contribution in [0.1, 0.15) is 52.0 Å². The summed E-state index contributed by atoms with van der Waals surface area (Å²) in [6, 6.07) is 9.80. The molecule has 28 heavy (non-hydrogen) atoms. The molecule has 6 nitrogen and oxygen atoms in total. The number of nitrogens with zero attached hydrogens (tertiary/aromatic N) is 2. The van der Waals surface area contributed by atoms with Gasteiger partial charge in [0.1, 0.15) is 12.2 Å². The van der Waals surface area contributed by atoms with Gasteiger partial charge < -0.3 is 19.3 Å². The van der Waals surface area contributed by atoms with Crippen LogP contribution in [0.3, 0.4) is 0 Å². The minimum Gasteiger partial charge on any atom is -0.445 e. The highest BCUT2D eigenvalue weighted by atomic mass is 16.6. The van der Waals surface area contributed by atoms with Crippen molar-refractivity contribution < 1.29 is 19.1 Å². The molecule has 2 aliphatic rings. The molecule has 0 unspecified atom stereocenters. The average molecular weight is 389 g/mol. The smallest absolute Gasteiger partial charge is 0.410 e. The topological polar surface area (TPSA) is 59.1 Å². The highest BCUT2D eigenvalue weighted by molar-refractivity contribution is 5.69. The van der Waals surface area contributed by atoms with E-state index in [0.29, 0.717) is 19.0 Å². The van der Waals surface area contributed by atoms with Gasteiger partial charge in [-0.1, -0.05) is 30.3 Å². The predicted molar refractivity (Wildman–Crippen MR) is 107 cm³/mol. The molecule has 1 aliphatic heterocycles. The quantitative estimate of drug-likeness (QED) is 0.748. The Bertz CT molecular complexity index is 659. The largest absolute Gasteiger partial charge is 0.445 e. The normalized spacial score (nSPS) is 17.9. The van der Waals surface area contributed by atoms with Gasteiger partial charge in [-0.05, 0) is 57.9 Å². The summed E-state index contributed by atoms with van der Waals surface area (Å²) >= 11 is 0. The van der Waals surface area contributed by atoms with Crippen LogP contribution in [0, 0.1) is 5.92 Å². The van der Waals surface area contributed by atoms with Gasteiger partial charge in [-0.15, -0.1) is 0 Å². The van der Waals surface area contributed by atoms with Crippen LogP contribution in [-0.4, -0.2) is 53.3 Å². The molecule has 1 saturated heterocycles. The number of ether oxygens (including phenoxy) is 2. The summed E-state index contributed by atoms with van der Waals surface area (Å²) in [6.07, 6.45) is 3.37. The summed E-state index contributed by atoms with van der Waals surface area (Å²) in [5.74, 6) is 0.599. The van der Waals surface area contributed by atoms with Crippen LogP contribution >= 0.6 is 0 Å². The summed E-state index contributed by atoms with van der Waals surface area (Å²) in [7, 11) is 0. The Balaban J connectivity index is 1.50. The lowest BCUT2D eigenvalue weighted by Gasteiger charge is -2.38. The number of amides is 2. The fraction of sp³-hybridized carbons (Fsp3) is 0.636. The van der Waals surface area contributed by atoms with Crippen molar-refractivity contribution >= 4 is 12.2 Å². The van der Waals surface area contributed by atoms with Gasteiger partial charge in [0.2, 0.25) is 0 Å². The number of hydrogen-bond donors (Lipinski definition) is 0. The number of likely N-dealkylation sites (tertiary alicyclic amines) is 1. The van der Waals surface area contributed by atoms with E-state index in [1.165, 1.54) is 12.8 Å². The molecule has 154 valence electrons. The van der Waals surface area contributed by atoms with Crippen molar-refractivity contribution in [3.63, 3.8) is 0 Å². The molecule has 1 aliphatic carbocycles. The number of piperidine rings is 1. The maximum atomic E-state index is 12.7. The molecular formula is C22H32N2O4. The first-order valence-corrected chi connectivity index (χ1v) is 10.3. The van der Waals surface area contributed by atoms with Crippen LogP contribution in [0.15, 0.2) is 30.3 Å². The van der Waals surface area contributed by atoms with Crippen molar-refractivity contribution in [1.82, 2.24) is 9.80 Å². The van der Waals surface area contributed by atoms with Crippen molar-refractivity contribution in [3.8, 4) is 0 Å². The molecule has 0 atom stereocenters. The third-order valence-electron chi connectivity index (χ3n) is 5.15. The Morgan fingerprint density at radius 2 is 1.71 bits per heavy atom. The van der Waals surface area contributed by atoms with E-state index in [0.717, 1.165) is 24.9 Å². The van der Waals surface area contributed by atoms with Crippen molar-refractivity contribution in [2.75, 3.05) is 19.6 Å². The van der Waals surface area contributed by atoms with E-state index >= 15 is 0 Å². The van der Waals surface area contributed by atoms with E-state index in [4.69, 9.17) is 9.47 Å². The lowest BCUT2D eigenvalue weighted by Crippen LogP contribution is -2.50. The van der Waals surface area contributed by atoms with Gasteiger partial charge in [-0.25, -0.2) is 9.59 Å². The van der Waals surface area contributed by atoms with Gasteiger partial charge in [0.25, 0.3) is 0 Å². The highest BCUT2D eigenvalue weighted by Crippen LogP contribution is 2.32. The van der Waals surface area contributed by atoms with Crippen molar-refractivity contribution in [2.24, 2.45) is 5.92 Å². The Morgan fingerprint density at radius 1 is 1.07 bits per heavy atom. The number of carbonyl (C=O) groups is 2. The number of rotatable bonds is 5. The van der Waals surface area contributed by atoms with Gasteiger partial charge in [0.15, 0.2) is 0 Å². The van der Waals surface area contributed by atoms with E-state index in [2.05, 4.69) is 0 Å².